The molecule has 0 heterocycles. The van der Waals surface area contributed by atoms with E-state index >= 15 is 0 Å². The summed E-state index contributed by atoms with van der Waals surface area (Å²) in [6.07, 6.45) is 1.47. The molecular weight excluding hydrogens is 328 g/mol. The van der Waals surface area contributed by atoms with Crippen molar-refractivity contribution in [2.45, 2.75) is 19.8 Å². The summed E-state index contributed by atoms with van der Waals surface area (Å²) < 4.78 is 0.953. The number of carbonyl (C=O) groups excluding carboxylic acids is 1. The van der Waals surface area contributed by atoms with Gasteiger partial charge in [0.05, 0.1) is 0 Å². The summed E-state index contributed by atoms with van der Waals surface area (Å²) in [5.74, 6) is 0.00535. The summed E-state index contributed by atoms with van der Waals surface area (Å²) in [5.41, 5.74) is 3.16. The smallest absolute Gasteiger partial charge is 0.226 e. The third-order valence-corrected chi connectivity index (χ3v) is 3.64. The average Bonchev–Trinajstić information content (AvgIpc) is 2.48. The van der Waals surface area contributed by atoms with E-state index in [1.165, 1.54) is 5.56 Å². The highest BCUT2D eigenvalue weighted by atomic mass is 79.9. The lowest BCUT2D eigenvalue weighted by Gasteiger charge is -2.08. The van der Waals surface area contributed by atoms with Crippen molar-refractivity contribution >= 4 is 33.2 Å². The quantitative estimate of drug-likeness (QED) is 0.810. The van der Waals surface area contributed by atoms with E-state index in [0.717, 1.165) is 22.3 Å². The van der Waals surface area contributed by atoms with Gasteiger partial charge in [0.1, 0.15) is 0 Å². The van der Waals surface area contributed by atoms with Crippen LogP contribution >= 0.6 is 15.9 Å². The number of carbonyl (C=O) groups is 1. The van der Waals surface area contributed by atoms with E-state index in [1.54, 1.807) is 0 Å². The third-order valence-electron chi connectivity index (χ3n) is 3.15. The number of aryl methyl sites for hydroxylation is 1. The van der Waals surface area contributed by atoms with Crippen LogP contribution in [0.1, 0.15) is 18.9 Å². The largest absolute Gasteiger partial charge is 0.385 e. The van der Waals surface area contributed by atoms with Gasteiger partial charge in [-0.15, -0.1) is 0 Å². The molecule has 0 radical (unpaired) electrons. The van der Waals surface area contributed by atoms with Crippen LogP contribution in [0.5, 0.6) is 0 Å². The van der Waals surface area contributed by atoms with Crippen molar-refractivity contribution in [1.29, 1.82) is 0 Å². The fourth-order valence-corrected chi connectivity index (χ4v) is 2.37. The van der Waals surface area contributed by atoms with Gasteiger partial charge in [0, 0.05) is 28.8 Å². The molecule has 0 bridgehead atoms. The molecule has 0 saturated carbocycles. The first-order valence-corrected chi connectivity index (χ1v) is 7.85. The molecule has 0 aromatic heterocycles. The first kappa shape index (κ1) is 15.6. The second-order valence-electron chi connectivity index (χ2n) is 4.79. The van der Waals surface area contributed by atoms with Crippen molar-refractivity contribution in [3.05, 3.63) is 58.6 Å². The minimum atomic E-state index is 0.00535. The summed E-state index contributed by atoms with van der Waals surface area (Å²) in [5, 5.41) is 6.13. The molecule has 0 atom stereocenters. The molecule has 0 fully saturated rings. The van der Waals surface area contributed by atoms with Gasteiger partial charge >= 0.3 is 0 Å². The highest BCUT2D eigenvalue weighted by Gasteiger charge is 2.02. The molecule has 0 aliphatic carbocycles. The SMILES string of the molecule is CCc1ccc(NCCC(=O)Nc2cccc(Br)c2)cc1. The van der Waals surface area contributed by atoms with Gasteiger partial charge in [0.2, 0.25) is 5.91 Å². The van der Waals surface area contributed by atoms with Gasteiger partial charge in [-0.25, -0.2) is 0 Å². The lowest BCUT2D eigenvalue weighted by molar-refractivity contribution is -0.115. The number of halogens is 1. The number of benzene rings is 2. The van der Waals surface area contributed by atoms with Crippen LogP contribution < -0.4 is 10.6 Å². The Balaban J connectivity index is 1.76. The molecule has 0 aliphatic rings. The first-order valence-electron chi connectivity index (χ1n) is 7.05. The maximum absolute atomic E-state index is 11.8. The summed E-state index contributed by atoms with van der Waals surface area (Å²) in [4.78, 5) is 11.8. The Morgan fingerprint density at radius 2 is 1.86 bits per heavy atom. The van der Waals surface area contributed by atoms with E-state index in [9.17, 15) is 4.79 Å². The highest BCUT2D eigenvalue weighted by Crippen LogP contribution is 2.15. The van der Waals surface area contributed by atoms with E-state index in [-0.39, 0.29) is 5.91 Å². The summed E-state index contributed by atoms with van der Waals surface area (Å²) in [6.45, 7) is 2.75. The lowest BCUT2D eigenvalue weighted by Crippen LogP contribution is -2.16. The van der Waals surface area contributed by atoms with Crippen LogP contribution in [0.4, 0.5) is 11.4 Å². The molecule has 4 heteroatoms. The van der Waals surface area contributed by atoms with Crippen molar-refractivity contribution in [2.75, 3.05) is 17.2 Å². The fraction of sp³-hybridized carbons (Fsp3) is 0.235. The highest BCUT2D eigenvalue weighted by molar-refractivity contribution is 9.10. The molecule has 0 unspecified atom stereocenters. The van der Waals surface area contributed by atoms with Crippen LogP contribution in [0.2, 0.25) is 0 Å². The van der Waals surface area contributed by atoms with Crippen molar-refractivity contribution < 1.29 is 4.79 Å². The van der Waals surface area contributed by atoms with E-state index < -0.39 is 0 Å². The predicted molar refractivity (Wildman–Crippen MR) is 91.7 cm³/mol. The monoisotopic (exact) mass is 346 g/mol. The Hall–Kier alpha value is -1.81. The molecule has 0 spiro atoms. The first-order chi connectivity index (χ1) is 10.2. The van der Waals surface area contributed by atoms with Gasteiger partial charge in [-0.3, -0.25) is 4.79 Å². The van der Waals surface area contributed by atoms with Gasteiger partial charge in [0.25, 0.3) is 0 Å². The van der Waals surface area contributed by atoms with Gasteiger partial charge < -0.3 is 10.6 Å². The Kier molecular flexibility index (Phi) is 5.81. The minimum absolute atomic E-state index is 0.00535. The Bertz CT molecular complexity index is 596. The van der Waals surface area contributed by atoms with Crippen molar-refractivity contribution in [3.8, 4) is 0 Å². The van der Waals surface area contributed by atoms with Crippen LogP contribution in [0.3, 0.4) is 0 Å². The topological polar surface area (TPSA) is 41.1 Å². The molecule has 0 aliphatic heterocycles. The number of amides is 1. The standard InChI is InChI=1S/C17H19BrN2O/c1-2-13-6-8-15(9-7-13)19-11-10-17(21)20-16-5-3-4-14(18)12-16/h3-9,12,19H,2,10-11H2,1H3,(H,20,21). The predicted octanol–water partition coefficient (Wildman–Crippen LogP) is 4.45. The van der Waals surface area contributed by atoms with Gasteiger partial charge in [-0.1, -0.05) is 41.1 Å². The van der Waals surface area contributed by atoms with Crippen molar-refractivity contribution in [3.63, 3.8) is 0 Å². The minimum Gasteiger partial charge on any atom is -0.385 e. The molecule has 2 rings (SSSR count). The molecule has 3 nitrogen and oxygen atoms in total. The molecular formula is C17H19BrN2O. The molecule has 1 amide bonds. The fourth-order valence-electron chi connectivity index (χ4n) is 1.97. The summed E-state index contributed by atoms with van der Waals surface area (Å²) >= 11 is 3.38. The molecule has 21 heavy (non-hydrogen) atoms. The summed E-state index contributed by atoms with van der Waals surface area (Å²) in [7, 11) is 0. The zero-order chi connectivity index (χ0) is 15.1. The van der Waals surface area contributed by atoms with Crippen LogP contribution in [-0.4, -0.2) is 12.5 Å². The second kappa shape index (κ2) is 7.84. The number of anilines is 2. The van der Waals surface area contributed by atoms with Gasteiger partial charge in [-0.2, -0.15) is 0 Å². The molecule has 2 N–H and O–H groups in total. The van der Waals surface area contributed by atoms with Gasteiger partial charge in [0.15, 0.2) is 0 Å². The Morgan fingerprint density at radius 3 is 2.52 bits per heavy atom. The number of rotatable bonds is 6. The average molecular weight is 347 g/mol. The normalized spacial score (nSPS) is 10.2. The van der Waals surface area contributed by atoms with Crippen LogP contribution in [0, 0.1) is 0 Å². The number of hydrogen-bond acceptors (Lipinski definition) is 2. The van der Waals surface area contributed by atoms with E-state index in [1.807, 2.05) is 36.4 Å². The Morgan fingerprint density at radius 1 is 1.10 bits per heavy atom. The van der Waals surface area contributed by atoms with Crippen LogP contribution in [-0.2, 0) is 11.2 Å². The van der Waals surface area contributed by atoms with E-state index in [0.29, 0.717) is 13.0 Å². The lowest BCUT2D eigenvalue weighted by atomic mass is 10.1. The molecule has 2 aromatic rings. The molecule has 110 valence electrons. The van der Waals surface area contributed by atoms with Crippen LogP contribution in [0.15, 0.2) is 53.0 Å². The van der Waals surface area contributed by atoms with E-state index in [2.05, 4.69) is 45.6 Å². The Labute approximate surface area is 133 Å². The maximum atomic E-state index is 11.8. The molecule has 0 saturated heterocycles. The second-order valence-corrected chi connectivity index (χ2v) is 5.70. The number of hydrogen-bond donors (Lipinski definition) is 2. The molecule has 2 aromatic carbocycles. The number of nitrogens with one attached hydrogen (secondary N) is 2. The van der Waals surface area contributed by atoms with Gasteiger partial charge in [-0.05, 0) is 42.3 Å². The zero-order valence-electron chi connectivity index (χ0n) is 12.0. The zero-order valence-corrected chi connectivity index (χ0v) is 13.6. The maximum Gasteiger partial charge on any atom is 0.226 e. The van der Waals surface area contributed by atoms with Crippen molar-refractivity contribution in [2.24, 2.45) is 0 Å². The van der Waals surface area contributed by atoms with Crippen molar-refractivity contribution in [1.82, 2.24) is 0 Å². The summed E-state index contributed by atoms with van der Waals surface area (Å²) in [6, 6.07) is 15.9. The third kappa shape index (κ3) is 5.23. The van der Waals surface area contributed by atoms with Crippen LogP contribution in [0.25, 0.3) is 0 Å². The van der Waals surface area contributed by atoms with E-state index in [4.69, 9.17) is 0 Å².